The summed E-state index contributed by atoms with van der Waals surface area (Å²) >= 11 is 0. The van der Waals surface area contributed by atoms with Crippen molar-refractivity contribution >= 4 is 0 Å². The van der Waals surface area contributed by atoms with Gasteiger partial charge in [0.1, 0.15) is 0 Å². The number of hydrogen-bond donors (Lipinski definition) is 2. The SMILES string of the molecule is NC12C=CC=CC1(O)O2. The van der Waals surface area contributed by atoms with E-state index in [9.17, 15) is 5.11 Å². The molecule has 1 aliphatic heterocycles. The number of allylic oxidation sites excluding steroid dienone is 2. The molecule has 2 aliphatic rings. The molecule has 0 aromatic heterocycles. The summed E-state index contributed by atoms with van der Waals surface area (Å²) in [6.07, 6.45) is 6.62. The molecule has 0 spiro atoms. The fourth-order valence-corrected chi connectivity index (χ4v) is 0.934. The molecule has 48 valence electrons. The predicted octanol–water partition coefficient (Wildman–Crippen LogP) is -0.514. The maximum atomic E-state index is 9.22. The molecule has 3 heteroatoms. The molecule has 3 nitrogen and oxygen atoms in total. The first-order valence-electron chi connectivity index (χ1n) is 2.75. The zero-order valence-electron chi connectivity index (χ0n) is 4.74. The molecule has 3 N–H and O–H groups in total. The van der Waals surface area contributed by atoms with Gasteiger partial charge in [-0.25, -0.2) is 0 Å². The van der Waals surface area contributed by atoms with Crippen molar-refractivity contribution in [2.45, 2.75) is 11.5 Å². The molecule has 2 rings (SSSR count). The van der Waals surface area contributed by atoms with Gasteiger partial charge in [0, 0.05) is 0 Å². The van der Waals surface area contributed by atoms with Crippen molar-refractivity contribution in [3.8, 4) is 0 Å². The van der Waals surface area contributed by atoms with Gasteiger partial charge in [0.25, 0.3) is 0 Å². The van der Waals surface area contributed by atoms with Gasteiger partial charge in [-0.15, -0.1) is 0 Å². The number of hydrogen-bond acceptors (Lipinski definition) is 3. The average molecular weight is 125 g/mol. The van der Waals surface area contributed by atoms with Gasteiger partial charge in [-0.2, -0.15) is 0 Å². The fraction of sp³-hybridized carbons (Fsp3) is 0.333. The van der Waals surface area contributed by atoms with E-state index >= 15 is 0 Å². The summed E-state index contributed by atoms with van der Waals surface area (Å²) in [5.74, 6) is -1.21. The lowest BCUT2D eigenvalue weighted by atomic mass is 10.1. The molecule has 2 atom stereocenters. The van der Waals surface area contributed by atoms with Gasteiger partial charge in [-0.3, -0.25) is 5.73 Å². The second-order valence-electron chi connectivity index (χ2n) is 2.31. The van der Waals surface area contributed by atoms with Crippen LogP contribution in [-0.4, -0.2) is 16.6 Å². The first-order valence-corrected chi connectivity index (χ1v) is 2.75. The molecule has 9 heavy (non-hydrogen) atoms. The van der Waals surface area contributed by atoms with Crippen molar-refractivity contribution in [3.63, 3.8) is 0 Å². The first-order chi connectivity index (χ1) is 4.16. The van der Waals surface area contributed by atoms with E-state index in [4.69, 9.17) is 10.5 Å². The number of nitrogens with two attached hydrogens (primary N) is 1. The highest BCUT2D eigenvalue weighted by molar-refractivity contribution is 5.32. The number of epoxide rings is 1. The van der Waals surface area contributed by atoms with Gasteiger partial charge in [0.2, 0.25) is 5.79 Å². The van der Waals surface area contributed by atoms with Crippen molar-refractivity contribution in [2.75, 3.05) is 0 Å². The van der Waals surface area contributed by atoms with E-state index in [-0.39, 0.29) is 0 Å². The molecule has 1 fully saturated rings. The van der Waals surface area contributed by atoms with Crippen LogP contribution in [0.2, 0.25) is 0 Å². The minimum atomic E-state index is -1.21. The molecule has 2 unspecified atom stereocenters. The van der Waals surface area contributed by atoms with Crippen LogP contribution in [0.1, 0.15) is 0 Å². The van der Waals surface area contributed by atoms with Crippen molar-refractivity contribution in [1.29, 1.82) is 0 Å². The average Bonchev–Trinajstić information content (AvgIpc) is 2.33. The van der Waals surface area contributed by atoms with Crippen molar-refractivity contribution in [3.05, 3.63) is 24.3 Å². The van der Waals surface area contributed by atoms with E-state index in [0.717, 1.165) is 0 Å². The monoisotopic (exact) mass is 125 g/mol. The summed E-state index contributed by atoms with van der Waals surface area (Å²) in [7, 11) is 0. The Morgan fingerprint density at radius 3 is 2.44 bits per heavy atom. The molecule has 1 heterocycles. The lowest BCUT2D eigenvalue weighted by molar-refractivity contribution is 0.0825. The van der Waals surface area contributed by atoms with Crippen LogP contribution in [0.3, 0.4) is 0 Å². The quantitative estimate of drug-likeness (QED) is 0.428. The molecule has 0 aromatic carbocycles. The van der Waals surface area contributed by atoms with Gasteiger partial charge in [-0.05, 0) is 12.2 Å². The Balaban J connectivity index is 2.40. The molecular weight excluding hydrogens is 118 g/mol. The van der Waals surface area contributed by atoms with E-state index in [1.807, 2.05) is 0 Å². The number of rotatable bonds is 0. The highest BCUT2D eigenvalue weighted by Crippen LogP contribution is 2.45. The highest BCUT2D eigenvalue weighted by atomic mass is 16.8. The van der Waals surface area contributed by atoms with Gasteiger partial charge >= 0.3 is 0 Å². The summed E-state index contributed by atoms with van der Waals surface area (Å²) < 4.78 is 4.81. The zero-order chi connectivity index (χ0) is 6.54. The molecule has 0 radical (unpaired) electrons. The topological polar surface area (TPSA) is 58.8 Å². The lowest BCUT2D eigenvalue weighted by Gasteiger charge is -2.04. The zero-order valence-corrected chi connectivity index (χ0v) is 4.74. The van der Waals surface area contributed by atoms with Crippen molar-refractivity contribution in [1.82, 2.24) is 0 Å². The Hall–Kier alpha value is -0.640. The smallest absolute Gasteiger partial charge is 0.235 e. The molecule has 1 saturated heterocycles. The van der Waals surface area contributed by atoms with E-state index in [0.29, 0.717) is 0 Å². The van der Waals surface area contributed by atoms with Crippen LogP contribution in [0, 0.1) is 0 Å². The largest absolute Gasteiger partial charge is 0.359 e. The number of fused-ring (bicyclic) bond motifs is 1. The van der Waals surface area contributed by atoms with E-state index < -0.39 is 11.5 Å². The summed E-state index contributed by atoms with van der Waals surface area (Å²) in [4.78, 5) is 0. The van der Waals surface area contributed by atoms with Gasteiger partial charge in [0.05, 0.1) is 0 Å². The second kappa shape index (κ2) is 1.11. The summed E-state index contributed by atoms with van der Waals surface area (Å²) in [5.41, 5.74) is 4.55. The predicted molar refractivity (Wildman–Crippen MR) is 31.2 cm³/mol. The molecular formula is C6H7NO2. The van der Waals surface area contributed by atoms with Crippen LogP contribution < -0.4 is 5.73 Å². The van der Waals surface area contributed by atoms with Gasteiger partial charge in [0.15, 0.2) is 5.72 Å². The van der Waals surface area contributed by atoms with Crippen molar-refractivity contribution in [2.24, 2.45) is 5.73 Å². The van der Waals surface area contributed by atoms with Crippen LogP contribution in [0.15, 0.2) is 24.3 Å². The first kappa shape index (κ1) is 5.17. The molecule has 0 bridgehead atoms. The Morgan fingerprint density at radius 1 is 1.33 bits per heavy atom. The minimum Gasteiger partial charge on any atom is -0.359 e. The standard InChI is InChI=1S/C6H7NO2/c7-5-3-1-2-4-6(5,8)9-5/h1-4,8H,7H2. The van der Waals surface area contributed by atoms with Crippen LogP contribution in [0.5, 0.6) is 0 Å². The fourth-order valence-electron chi connectivity index (χ4n) is 0.934. The van der Waals surface area contributed by atoms with E-state index in [2.05, 4.69) is 0 Å². The van der Waals surface area contributed by atoms with Crippen LogP contribution in [0.25, 0.3) is 0 Å². The summed E-state index contributed by atoms with van der Waals surface area (Å²) in [6, 6.07) is 0. The Bertz CT molecular complexity index is 189. The number of ether oxygens (including phenoxy) is 1. The molecule has 1 aliphatic carbocycles. The van der Waals surface area contributed by atoms with Gasteiger partial charge < -0.3 is 9.84 Å². The third-order valence-electron chi connectivity index (χ3n) is 1.62. The maximum absolute atomic E-state index is 9.22. The van der Waals surface area contributed by atoms with E-state index in [1.54, 1.807) is 18.2 Å². The molecule has 0 aromatic rings. The Morgan fingerprint density at radius 2 is 2.00 bits per heavy atom. The van der Waals surface area contributed by atoms with Crippen LogP contribution in [-0.2, 0) is 4.74 Å². The van der Waals surface area contributed by atoms with Crippen molar-refractivity contribution < 1.29 is 9.84 Å². The van der Waals surface area contributed by atoms with Crippen LogP contribution in [0.4, 0.5) is 0 Å². The molecule has 0 amide bonds. The summed E-state index contributed by atoms with van der Waals surface area (Å²) in [6.45, 7) is 0. The third-order valence-corrected chi connectivity index (χ3v) is 1.62. The normalized spacial score (nSPS) is 53.1. The Kier molecular flexibility index (Phi) is 0.639. The minimum absolute atomic E-state index is 0.929. The van der Waals surface area contributed by atoms with Gasteiger partial charge in [-0.1, -0.05) is 12.2 Å². The lowest BCUT2D eigenvalue weighted by Crippen LogP contribution is -2.32. The molecule has 0 saturated carbocycles. The number of aliphatic hydroxyl groups is 1. The summed E-state index contributed by atoms with van der Waals surface area (Å²) in [5, 5.41) is 9.22. The highest BCUT2D eigenvalue weighted by Gasteiger charge is 2.65. The van der Waals surface area contributed by atoms with Crippen LogP contribution >= 0.6 is 0 Å². The maximum Gasteiger partial charge on any atom is 0.235 e. The third kappa shape index (κ3) is 0.463. The van der Waals surface area contributed by atoms with E-state index in [1.165, 1.54) is 6.08 Å². The Labute approximate surface area is 52.4 Å². The second-order valence-corrected chi connectivity index (χ2v) is 2.31.